The van der Waals surface area contributed by atoms with Gasteiger partial charge in [0, 0.05) is 16.1 Å². The lowest BCUT2D eigenvalue weighted by atomic mass is 10.1. The Labute approximate surface area is 111 Å². The number of hydrogen-bond donors (Lipinski definition) is 0. The average Bonchev–Trinajstić information content (AvgIpc) is 2.77. The van der Waals surface area contributed by atoms with Crippen LogP contribution in [0.15, 0.2) is 36.8 Å². The van der Waals surface area contributed by atoms with Gasteiger partial charge in [-0.2, -0.15) is 0 Å². The van der Waals surface area contributed by atoms with Gasteiger partial charge in [-0.05, 0) is 45.0 Å². The summed E-state index contributed by atoms with van der Waals surface area (Å²) < 4.78 is 1.88. The standard InChI is InChI=1S/C14H15ClN2O/c1-14(2,3)17-9-16-8-12(17)13(18)10-4-6-11(15)7-5-10/h4-9H,1-3H3. The second kappa shape index (κ2) is 4.58. The molecule has 1 aromatic heterocycles. The average molecular weight is 263 g/mol. The lowest BCUT2D eigenvalue weighted by Crippen LogP contribution is -2.25. The van der Waals surface area contributed by atoms with Gasteiger partial charge in [0.05, 0.1) is 12.5 Å². The van der Waals surface area contributed by atoms with E-state index in [1.807, 2.05) is 25.3 Å². The molecule has 1 aromatic carbocycles. The first-order valence-corrected chi connectivity index (χ1v) is 6.10. The fourth-order valence-electron chi connectivity index (χ4n) is 1.75. The van der Waals surface area contributed by atoms with Gasteiger partial charge in [-0.3, -0.25) is 4.79 Å². The van der Waals surface area contributed by atoms with E-state index >= 15 is 0 Å². The molecule has 18 heavy (non-hydrogen) atoms. The van der Waals surface area contributed by atoms with Crippen molar-refractivity contribution in [3.8, 4) is 0 Å². The number of imidazole rings is 1. The fraction of sp³-hybridized carbons (Fsp3) is 0.286. The second-order valence-electron chi connectivity index (χ2n) is 5.16. The van der Waals surface area contributed by atoms with E-state index < -0.39 is 0 Å². The summed E-state index contributed by atoms with van der Waals surface area (Å²) in [6.45, 7) is 6.11. The molecule has 0 aliphatic carbocycles. The van der Waals surface area contributed by atoms with Crippen molar-refractivity contribution in [3.63, 3.8) is 0 Å². The minimum Gasteiger partial charge on any atom is -0.323 e. The summed E-state index contributed by atoms with van der Waals surface area (Å²) in [7, 11) is 0. The van der Waals surface area contributed by atoms with Crippen molar-refractivity contribution in [3.05, 3.63) is 53.1 Å². The first-order chi connectivity index (χ1) is 8.39. The molecule has 0 saturated heterocycles. The van der Waals surface area contributed by atoms with Crippen molar-refractivity contribution in [1.29, 1.82) is 0 Å². The van der Waals surface area contributed by atoms with Crippen LogP contribution in [-0.2, 0) is 5.54 Å². The van der Waals surface area contributed by atoms with Crippen LogP contribution in [0.25, 0.3) is 0 Å². The van der Waals surface area contributed by atoms with Gasteiger partial charge in [0.25, 0.3) is 0 Å². The molecule has 0 unspecified atom stereocenters. The monoisotopic (exact) mass is 262 g/mol. The number of hydrogen-bond acceptors (Lipinski definition) is 2. The van der Waals surface area contributed by atoms with E-state index in [-0.39, 0.29) is 11.3 Å². The van der Waals surface area contributed by atoms with E-state index in [1.165, 1.54) is 0 Å². The van der Waals surface area contributed by atoms with E-state index in [0.717, 1.165) is 0 Å². The third-order valence-corrected chi connectivity index (χ3v) is 2.95. The molecule has 0 aliphatic heterocycles. The van der Waals surface area contributed by atoms with Crippen LogP contribution in [0.3, 0.4) is 0 Å². The number of nitrogens with zero attached hydrogens (tertiary/aromatic N) is 2. The first-order valence-electron chi connectivity index (χ1n) is 5.72. The zero-order valence-electron chi connectivity index (χ0n) is 10.6. The van der Waals surface area contributed by atoms with Gasteiger partial charge in [-0.15, -0.1) is 0 Å². The smallest absolute Gasteiger partial charge is 0.211 e. The second-order valence-corrected chi connectivity index (χ2v) is 5.59. The highest BCUT2D eigenvalue weighted by atomic mass is 35.5. The van der Waals surface area contributed by atoms with Crippen molar-refractivity contribution in [2.45, 2.75) is 26.3 Å². The summed E-state index contributed by atoms with van der Waals surface area (Å²) in [6, 6.07) is 6.88. The van der Waals surface area contributed by atoms with Crippen LogP contribution in [0.1, 0.15) is 36.8 Å². The lowest BCUT2D eigenvalue weighted by Gasteiger charge is -2.22. The summed E-state index contributed by atoms with van der Waals surface area (Å²) in [5, 5.41) is 0.621. The van der Waals surface area contributed by atoms with Gasteiger partial charge in [0.1, 0.15) is 5.69 Å². The molecule has 0 saturated carbocycles. The Bertz CT molecular complexity index is 564. The zero-order chi connectivity index (χ0) is 13.3. The van der Waals surface area contributed by atoms with Gasteiger partial charge in [-0.1, -0.05) is 11.6 Å². The Hall–Kier alpha value is -1.61. The van der Waals surface area contributed by atoms with E-state index in [4.69, 9.17) is 11.6 Å². The van der Waals surface area contributed by atoms with Gasteiger partial charge in [-0.25, -0.2) is 4.98 Å². The van der Waals surface area contributed by atoms with Crippen LogP contribution in [0, 0.1) is 0 Å². The largest absolute Gasteiger partial charge is 0.323 e. The summed E-state index contributed by atoms with van der Waals surface area (Å²) in [4.78, 5) is 16.5. The van der Waals surface area contributed by atoms with E-state index in [0.29, 0.717) is 16.3 Å². The maximum Gasteiger partial charge on any atom is 0.211 e. The predicted octanol–water partition coefficient (Wildman–Crippen LogP) is 3.52. The Morgan fingerprint density at radius 1 is 1.22 bits per heavy atom. The van der Waals surface area contributed by atoms with Gasteiger partial charge >= 0.3 is 0 Å². The third-order valence-electron chi connectivity index (χ3n) is 2.70. The van der Waals surface area contributed by atoms with E-state index in [9.17, 15) is 4.79 Å². The van der Waals surface area contributed by atoms with Crippen molar-refractivity contribution in [1.82, 2.24) is 9.55 Å². The van der Waals surface area contributed by atoms with Crippen molar-refractivity contribution in [2.24, 2.45) is 0 Å². The minimum atomic E-state index is -0.173. The maximum atomic E-state index is 12.4. The number of carbonyl (C=O) groups is 1. The van der Waals surface area contributed by atoms with E-state index in [2.05, 4.69) is 4.98 Å². The lowest BCUT2D eigenvalue weighted by molar-refractivity contribution is 0.102. The van der Waals surface area contributed by atoms with Crippen LogP contribution in [-0.4, -0.2) is 15.3 Å². The summed E-state index contributed by atoms with van der Waals surface area (Å²) >= 11 is 5.82. The molecule has 0 fully saturated rings. The fourth-order valence-corrected chi connectivity index (χ4v) is 1.87. The molecule has 0 atom stereocenters. The van der Waals surface area contributed by atoms with Crippen LogP contribution in [0.5, 0.6) is 0 Å². The molecule has 1 heterocycles. The van der Waals surface area contributed by atoms with Crippen LogP contribution in [0.4, 0.5) is 0 Å². The number of aromatic nitrogens is 2. The molecule has 0 N–H and O–H groups in total. The molecule has 0 bridgehead atoms. The molecule has 0 spiro atoms. The van der Waals surface area contributed by atoms with Gasteiger partial charge in [0.15, 0.2) is 0 Å². The predicted molar refractivity (Wildman–Crippen MR) is 72.1 cm³/mol. The molecular weight excluding hydrogens is 248 g/mol. The van der Waals surface area contributed by atoms with Crippen LogP contribution in [0.2, 0.25) is 5.02 Å². The molecular formula is C14H15ClN2O. The highest BCUT2D eigenvalue weighted by Crippen LogP contribution is 2.19. The number of rotatable bonds is 2. The number of carbonyl (C=O) groups excluding carboxylic acids is 1. The Morgan fingerprint density at radius 3 is 2.39 bits per heavy atom. The highest BCUT2D eigenvalue weighted by molar-refractivity contribution is 6.30. The molecule has 2 aromatic rings. The summed E-state index contributed by atoms with van der Waals surface area (Å²) in [6.07, 6.45) is 3.28. The number of benzene rings is 1. The van der Waals surface area contributed by atoms with Crippen LogP contribution < -0.4 is 0 Å². The van der Waals surface area contributed by atoms with Crippen molar-refractivity contribution >= 4 is 17.4 Å². The summed E-state index contributed by atoms with van der Waals surface area (Å²) in [5.41, 5.74) is 1.03. The van der Waals surface area contributed by atoms with Gasteiger partial charge < -0.3 is 4.57 Å². The van der Waals surface area contributed by atoms with Gasteiger partial charge in [0.2, 0.25) is 5.78 Å². The Balaban J connectivity index is 2.41. The zero-order valence-corrected chi connectivity index (χ0v) is 11.4. The molecule has 94 valence electrons. The molecule has 4 heteroatoms. The van der Waals surface area contributed by atoms with Crippen molar-refractivity contribution < 1.29 is 4.79 Å². The number of halogens is 1. The topological polar surface area (TPSA) is 34.9 Å². The molecule has 3 nitrogen and oxygen atoms in total. The van der Waals surface area contributed by atoms with Crippen LogP contribution >= 0.6 is 11.6 Å². The quantitative estimate of drug-likeness (QED) is 0.776. The molecule has 2 rings (SSSR count). The molecule has 0 amide bonds. The van der Waals surface area contributed by atoms with E-state index in [1.54, 1.807) is 36.8 Å². The Morgan fingerprint density at radius 2 is 1.83 bits per heavy atom. The van der Waals surface area contributed by atoms with Crippen molar-refractivity contribution in [2.75, 3.05) is 0 Å². The first kappa shape index (κ1) is 12.8. The minimum absolute atomic E-state index is 0.0425. The number of ketones is 1. The normalized spacial score (nSPS) is 11.6. The third kappa shape index (κ3) is 2.46. The Kier molecular flexibility index (Phi) is 3.26. The highest BCUT2D eigenvalue weighted by Gasteiger charge is 2.21. The summed E-state index contributed by atoms with van der Waals surface area (Å²) in [5.74, 6) is -0.0425. The molecule has 0 aliphatic rings. The maximum absolute atomic E-state index is 12.4. The SMILES string of the molecule is CC(C)(C)n1cncc1C(=O)c1ccc(Cl)cc1. The molecule has 0 radical (unpaired) electrons.